The minimum atomic E-state index is -0.617. The molecule has 0 unspecified atom stereocenters. The molecule has 1 aromatic heterocycles. The van der Waals surface area contributed by atoms with E-state index in [2.05, 4.69) is 4.99 Å². The van der Waals surface area contributed by atoms with E-state index >= 15 is 0 Å². The predicted molar refractivity (Wildman–Crippen MR) is 111 cm³/mol. The molecular formula is C23H26F2N2O2S. The van der Waals surface area contributed by atoms with E-state index in [0.717, 1.165) is 25.3 Å². The molecule has 4 nitrogen and oxygen atoms in total. The Balaban J connectivity index is 1.51. The number of rotatable bonds is 5. The quantitative estimate of drug-likeness (QED) is 0.682. The number of carbonyl (C=O) groups excluding carboxylic acids is 1. The zero-order chi connectivity index (χ0) is 20.9. The van der Waals surface area contributed by atoms with E-state index in [1.165, 1.54) is 42.7 Å². The molecule has 0 atom stereocenters. The SMILES string of the molecule is COCCn1cc(-c2ccc(F)cc2F)sc1=NC(=O)C12CC3CC(CC(C3)C1)C2. The first kappa shape index (κ1) is 20.1. The maximum atomic E-state index is 14.3. The maximum Gasteiger partial charge on any atom is 0.254 e. The van der Waals surface area contributed by atoms with Gasteiger partial charge in [-0.15, -0.1) is 0 Å². The summed E-state index contributed by atoms with van der Waals surface area (Å²) in [6, 6.07) is 3.56. The second kappa shape index (κ2) is 7.68. The van der Waals surface area contributed by atoms with Crippen molar-refractivity contribution in [2.75, 3.05) is 13.7 Å². The molecule has 1 heterocycles. The van der Waals surface area contributed by atoms with Crippen LogP contribution in [0.2, 0.25) is 0 Å². The molecule has 4 aliphatic carbocycles. The van der Waals surface area contributed by atoms with Crippen molar-refractivity contribution in [1.82, 2.24) is 4.57 Å². The molecule has 1 aromatic carbocycles. The standard InChI is InChI=1S/C23H26F2N2O2S/c1-29-5-4-27-13-20(18-3-2-17(24)9-19(18)25)30-22(27)26-21(28)23-10-14-6-15(11-23)8-16(7-14)12-23/h2-3,9,13-16H,4-8,10-12H2,1H3. The highest BCUT2D eigenvalue weighted by Gasteiger charge is 2.54. The molecule has 30 heavy (non-hydrogen) atoms. The largest absolute Gasteiger partial charge is 0.383 e. The number of aromatic nitrogens is 1. The van der Waals surface area contributed by atoms with E-state index in [1.807, 2.05) is 4.57 Å². The third-order valence-electron chi connectivity index (χ3n) is 7.14. The van der Waals surface area contributed by atoms with Crippen molar-refractivity contribution in [3.05, 3.63) is 40.8 Å². The van der Waals surface area contributed by atoms with Crippen molar-refractivity contribution in [2.45, 2.75) is 45.1 Å². The molecule has 160 valence electrons. The van der Waals surface area contributed by atoms with E-state index in [4.69, 9.17) is 4.74 Å². The van der Waals surface area contributed by atoms with Crippen molar-refractivity contribution in [2.24, 2.45) is 28.2 Å². The van der Waals surface area contributed by atoms with Crippen LogP contribution in [0.1, 0.15) is 38.5 Å². The van der Waals surface area contributed by atoms with Gasteiger partial charge in [0, 0.05) is 31.5 Å². The Morgan fingerprint density at radius 3 is 2.47 bits per heavy atom. The first-order valence-electron chi connectivity index (χ1n) is 10.7. The lowest BCUT2D eigenvalue weighted by atomic mass is 9.49. The molecule has 7 heteroatoms. The summed E-state index contributed by atoms with van der Waals surface area (Å²) in [5.41, 5.74) is 0.00956. The minimum absolute atomic E-state index is 0.0132. The lowest BCUT2D eigenvalue weighted by Crippen LogP contribution is -2.49. The van der Waals surface area contributed by atoms with Gasteiger partial charge in [0.05, 0.1) is 16.9 Å². The molecule has 4 saturated carbocycles. The number of methoxy groups -OCH3 is 1. The number of hydrogen-bond donors (Lipinski definition) is 0. The highest BCUT2D eigenvalue weighted by Crippen LogP contribution is 2.60. The summed E-state index contributed by atoms with van der Waals surface area (Å²) in [5.74, 6) is 0.770. The first-order chi connectivity index (χ1) is 14.5. The Kier molecular flexibility index (Phi) is 5.14. The summed E-state index contributed by atoms with van der Waals surface area (Å²) in [7, 11) is 1.62. The van der Waals surface area contributed by atoms with Crippen LogP contribution in [-0.4, -0.2) is 24.2 Å². The van der Waals surface area contributed by atoms with Gasteiger partial charge in [-0.3, -0.25) is 4.79 Å². The van der Waals surface area contributed by atoms with Crippen molar-refractivity contribution in [3.8, 4) is 10.4 Å². The van der Waals surface area contributed by atoms with Gasteiger partial charge in [0.15, 0.2) is 4.80 Å². The summed E-state index contributed by atoms with van der Waals surface area (Å²) < 4.78 is 34.7. The molecular weight excluding hydrogens is 406 g/mol. The van der Waals surface area contributed by atoms with E-state index < -0.39 is 11.6 Å². The van der Waals surface area contributed by atoms with Crippen LogP contribution in [0.25, 0.3) is 10.4 Å². The Morgan fingerprint density at radius 2 is 1.87 bits per heavy atom. The summed E-state index contributed by atoms with van der Waals surface area (Å²) in [5, 5.41) is 0. The fraction of sp³-hybridized carbons (Fsp3) is 0.565. The van der Waals surface area contributed by atoms with Gasteiger partial charge < -0.3 is 9.30 Å². The molecule has 0 N–H and O–H groups in total. The normalized spacial score (nSPS) is 30.2. The molecule has 2 aromatic rings. The molecule has 4 bridgehead atoms. The van der Waals surface area contributed by atoms with Gasteiger partial charge in [-0.25, -0.2) is 8.78 Å². The molecule has 0 saturated heterocycles. The Labute approximate surface area is 178 Å². The van der Waals surface area contributed by atoms with E-state index in [-0.39, 0.29) is 11.3 Å². The van der Waals surface area contributed by atoms with E-state index in [9.17, 15) is 13.6 Å². The highest BCUT2D eigenvalue weighted by atomic mass is 32.1. The lowest BCUT2D eigenvalue weighted by Gasteiger charge is -2.55. The zero-order valence-corrected chi connectivity index (χ0v) is 17.9. The number of carbonyl (C=O) groups is 1. The second-order valence-electron chi connectivity index (χ2n) is 9.30. The molecule has 1 amide bonds. The molecule has 6 rings (SSSR count). The zero-order valence-electron chi connectivity index (χ0n) is 17.1. The van der Waals surface area contributed by atoms with Crippen LogP contribution in [0.15, 0.2) is 29.4 Å². The van der Waals surface area contributed by atoms with Crippen LogP contribution in [0.4, 0.5) is 8.78 Å². The monoisotopic (exact) mass is 432 g/mol. The second-order valence-corrected chi connectivity index (χ2v) is 10.3. The number of benzene rings is 1. The number of nitrogens with zero attached hydrogens (tertiary/aromatic N) is 2. The van der Waals surface area contributed by atoms with E-state index in [0.29, 0.717) is 46.1 Å². The first-order valence-corrected chi connectivity index (χ1v) is 11.5. The fourth-order valence-electron chi connectivity index (χ4n) is 6.21. The number of halogens is 2. The van der Waals surface area contributed by atoms with Gasteiger partial charge >= 0.3 is 0 Å². The van der Waals surface area contributed by atoms with Crippen molar-refractivity contribution >= 4 is 17.2 Å². The molecule has 0 spiro atoms. The summed E-state index contributed by atoms with van der Waals surface area (Å²) in [6.45, 7) is 0.976. The van der Waals surface area contributed by atoms with Crippen LogP contribution >= 0.6 is 11.3 Å². The third-order valence-corrected chi connectivity index (χ3v) is 8.20. The highest BCUT2D eigenvalue weighted by molar-refractivity contribution is 7.12. The van der Waals surface area contributed by atoms with Gasteiger partial charge in [-0.1, -0.05) is 11.3 Å². The Morgan fingerprint density at radius 1 is 1.20 bits per heavy atom. The maximum absolute atomic E-state index is 14.3. The van der Waals surface area contributed by atoms with Gasteiger partial charge in [0.25, 0.3) is 5.91 Å². The molecule has 4 aliphatic rings. The molecule has 0 aliphatic heterocycles. The Bertz CT molecular complexity index is 1010. The fourth-order valence-corrected chi connectivity index (χ4v) is 7.25. The molecule has 4 fully saturated rings. The van der Waals surface area contributed by atoms with Crippen molar-refractivity contribution in [3.63, 3.8) is 0 Å². The number of amides is 1. The lowest BCUT2D eigenvalue weighted by molar-refractivity contribution is -0.142. The van der Waals surface area contributed by atoms with E-state index in [1.54, 1.807) is 13.3 Å². The van der Waals surface area contributed by atoms with Crippen LogP contribution in [-0.2, 0) is 16.1 Å². The summed E-state index contributed by atoms with van der Waals surface area (Å²) in [4.78, 5) is 19.2. The molecule has 0 radical (unpaired) electrons. The average molecular weight is 433 g/mol. The summed E-state index contributed by atoms with van der Waals surface area (Å²) >= 11 is 1.27. The van der Waals surface area contributed by atoms with Crippen LogP contribution in [0.5, 0.6) is 0 Å². The van der Waals surface area contributed by atoms with Gasteiger partial charge in [-0.05, 0) is 68.4 Å². The van der Waals surface area contributed by atoms with Crippen LogP contribution in [0, 0.1) is 34.8 Å². The third kappa shape index (κ3) is 3.56. The van der Waals surface area contributed by atoms with Gasteiger partial charge in [-0.2, -0.15) is 4.99 Å². The predicted octanol–water partition coefficient (Wildman–Crippen LogP) is 4.78. The smallest absolute Gasteiger partial charge is 0.254 e. The van der Waals surface area contributed by atoms with Crippen molar-refractivity contribution < 1.29 is 18.3 Å². The Hall–Kier alpha value is -1.86. The van der Waals surface area contributed by atoms with Crippen molar-refractivity contribution in [1.29, 1.82) is 0 Å². The van der Waals surface area contributed by atoms with Gasteiger partial charge in [0.2, 0.25) is 0 Å². The number of ether oxygens (including phenoxy) is 1. The summed E-state index contributed by atoms with van der Waals surface area (Å²) in [6.07, 6.45) is 8.48. The van der Waals surface area contributed by atoms with Gasteiger partial charge in [0.1, 0.15) is 11.6 Å². The van der Waals surface area contributed by atoms with Crippen LogP contribution in [0.3, 0.4) is 0 Å². The number of thiazole rings is 1. The average Bonchev–Trinajstić information content (AvgIpc) is 3.07. The minimum Gasteiger partial charge on any atom is -0.383 e. The number of hydrogen-bond acceptors (Lipinski definition) is 3. The van der Waals surface area contributed by atoms with Crippen LogP contribution < -0.4 is 4.80 Å². The topological polar surface area (TPSA) is 43.6 Å².